The number of hydrogen-bond donors (Lipinski definition) is 0. The minimum atomic E-state index is 0.521. The Bertz CT molecular complexity index is 253. The lowest BCUT2D eigenvalue weighted by Gasteiger charge is -2.17. The second kappa shape index (κ2) is 5.01. The van der Waals surface area contributed by atoms with Gasteiger partial charge in [-0.2, -0.15) is 0 Å². The Morgan fingerprint density at radius 2 is 2.00 bits per heavy atom. The predicted molar refractivity (Wildman–Crippen MR) is 68.9 cm³/mol. The molecule has 0 aromatic carbocycles. The molecule has 86 valence electrons. The van der Waals surface area contributed by atoms with Crippen LogP contribution in [0.1, 0.15) is 59.8 Å². The van der Waals surface area contributed by atoms with E-state index in [4.69, 9.17) is 0 Å². The van der Waals surface area contributed by atoms with Gasteiger partial charge >= 0.3 is 0 Å². The minimum Gasteiger partial charge on any atom is -0.0956 e. The van der Waals surface area contributed by atoms with Crippen molar-refractivity contribution >= 4 is 0 Å². The van der Waals surface area contributed by atoms with Gasteiger partial charge in [-0.3, -0.25) is 0 Å². The fraction of sp³-hybridized carbons (Fsp3) is 0.733. The molecule has 0 heterocycles. The first-order valence-electron chi connectivity index (χ1n) is 6.41. The van der Waals surface area contributed by atoms with E-state index >= 15 is 0 Å². The summed E-state index contributed by atoms with van der Waals surface area (Å²) in [6.07, 6.45) is 8.88. The highest BCUT2D eigenvalue weighted by atomic mass is 14.4. The Morgan fingerprint density at radius 1 is 1.40 bits per heavy atom. The lowest BCUT2D eigenvalue weighted by molar-refractivity contribution is 0.543. The summed E-state index contributed by atoms with van der Waals surface area (Å²) in [4.78, 5) is 0. The van der Waals surface area contributed by atoms with Gasteiger partial charge in [-0.15, -0.1) is 0 Å². The molecule has 1 fully saturated rings. The van der Waals surface area contributed by atoms with Crippen molar-refractivity contribution in [3.8, 4) is 0 Å². The van der Waals surface area contributed by atoms with Crippen LogP contribution in [0.15, 0.2) is 23.8 Å². The van der Waals surface area contributed by atoms with Crippen molar-refractivity contribution in [2.24, 2.45) is 11.3 Å². The zero-order valence-corrected chi connectivity index (χ0v) is 10.9. The van der Waals surface area contributed by atoms with Crippen LogP contribution >= 0.6 is 0 Å². The smallest absolute Gasteiger partial charge is 0.0115 e. The lowest BCUT2D eigenvalue weighted by Crippen LogP contribution is -2.02. The first-order chi connectivity index (χ1) is 7.03. The summed E-state index contributed by atoms with van der Waals surface area (Å²) in [6, 6.07) is 0. The Labute approximate surface area is 95.5 Å². The van der Waals surface area contributed by atoms with Crippen molar-refractivity contribution in [3.63, 3.8) is 0 Å². The van der Waals surface area contributed by atoms with Gasteiger partial charge in [-0.25, -0.2) is 0 Å². The topological polar surface area (TPSA) is 0 Å². The van der Waals surface area contributed by atoms with Crippen LogP contribution in [-0.2, 0) is 0 Å². The first-order valence-corrected chi connectivity index (χ1v) is 6.41. The molecule has 1 aliphatic carbocycles. The fourth-order valence-corrected chi connectivity index (χ4v) is 2.15. The summed E-state index contributed by atoms with van der Waals surface area (Å²) < 4.78 is 0. The van der Waals surface area contributed by atoms with Crippen molar-refractivity contribution in [3.05, 3.63) is 23.8 Å². The van der Waals surface area contributed by atoms with Crippen LogP contribution in [0.4, 0.5) is 0 Å². The summed E-state index contributed by atoms with van der Waals surface area (Å²) in [6.45, 7) is 13.4. The molecule has 0 nitrogen and oxygen atoms in total. The first kappa shape index (κ1) is 12.5. The van der Waals surface area contributed by atoms with Crippen LogP contribution in [0.2, 0.25) is 0 Å². The van der Waals surface area contributed by atoms with Gasteiger partial charge in [-0.05, 0) is 43.9 Å². The molecule has 15 heavy (non-hydrogen) atoms. The van der Waals surface area contributed by atoms with Crippen LogP contribution in [0.25, 0.3) is 0 Å². The Morgan fingerprint density at radius 3 is 2.40 bits per heavy atom. The number of rotatable bonds is 6. The molecule has 0 saturated heterocycles. The molecule has 1 aliphatic rings. The summed E-state index contributed by atoms with van der Waals surface area (Å²) in [7, 11) is 0. The normalized spacial score (nSPS) is 21.2. The van der Waals surface area contributed by atoms with Crippen LogP contribution in [0.5, 0.6) is 0 Å². The quantitative estimate of drug-likeness (QED) is 0.529. The molecule has 0 aromatic heterocycles. The number of allylic oxidation sites excluding steroid dienone is 3. The maximum Gasteiger partial charge on any atom is -0.0115 e. The fourth-order valence-electron chi connectivity index (χ4n) is 2.15. The third kappa shape index (κ3) is 3.22. The molecular weight excluding hydrogens is 180 g/mol. The molecule has 0 aromatic rings. The predicted octanol–water partition coefficient (Wildman–Crippen LogP) is 5.12. The van der Waals surface area contributed by atoms with Gasteiger partial charge in [0.2, 0.25) is 0 Å². The molecule has 0 amide bonds. The highest BCUT2D eigenvalue weighted by Gasteiger charge is 2.38. The molecule has 0 aliphatic heterocycles. The van der Waals surface area contributed by atoms with Crippen LogP contribution in [0, 0.1) is 11.3 Å². The SMILES string of the molecule is C=C(C=C(C)C1(C)CC1)C(CC)CCC. The van der Waals surface area contributed by atoms with Crippen molar-refractivity contribution < 1.29 is 0 Å². The van der Waals surface area contributed by atoms with Gasteiger partial charge in [0.25, 0.3) is 0 Å². The van der Waals surface area contributed by atoms with Gasteiger partial charge in [0.15, 0.2) is 0 Å². The van der Waals surface area contributed by atoms with Crippen LogP contribution in [-0.4, -0.2) is 0 Å². The summed E-state index contributed by atoms with van der Waals surface area (Å²) in [5.41, 5.74) is 3.42. The minimum absolute atomic E-state index is 0.521. The molecule has 0 heteroatoms. The van der Waals surface area contributed by atoms with E-state index < -0.39 is 0 Å². The Balaban J connectivity index is 2.59. The van der Waals surface area contributed by atoms with Crippen molar-refractivity contribution in [1.29, 1.82) is 0 Å². The monoisotopic (exact) mass is 206 g/mol. The summed E-state index contributed by atoms with van der Waals surface area (Å²) >= 11 is 0. The van der Waals surface area contributed by atoms with E-state index in [0.29, 0.717) is 11.3 Å². The average Bonchev–Trinajstić information content (AvgIpc) is 2.94. The van der Waals surface area contributed by atoms with Crippen LogP contribution in [0.3, 0.4) is 0 Å². The van der Waals surface area contributed by atoms with Gasteiger partial charge in [-0.1, -0.05) is 51.0 Å². The Hall–Kier alpha value is -0.520. The molecule has 0 spiro atoms. The molecular formula is C15H26. The zero-order valence-electron chi connectivity index (χ0n) is 10.9. The Kier molecular flexibility index (Phi) is 4.19. The standard InChI is InChI=1S/C15H26/c1-6-8-14(7-2)12(3)11-13(4)15(5)9-10-15/h11,14H,3,6-10H2,1-2,4-5H3. The molecule has 0 N–H and O–H groups in total. The van der Waals surface area contributed by atoms with Crippen molar-refractivity contribution in [2.75, 3.05) is 0 Å². The van der Waals surface area contributed by atoms with Gasteiger partial charge < -0.3 is 0 Å². The third-order valence-corrected chi connectivity index (χ3v) is 4.01. The van der Waals surface area contributed by atoms with Gasteiger partial charge in [0.1, 0.15) is 0 Å². The van der Waals surface area contributed by atoms with E-state index in [2.05, 4.69) is 40.3 Å². The molecule has 1 unspecified atom stereocenters. The number of hydrogen-bond acceptors (Lipinski definition) is 0. The van der Waals surface area contributed by atoms with E-state index in [1.165, 1.54) is 37.7 Å². The van der Waals surface area contributed by atoms with E-state index in [0.717, 1.165) is 0 Å². The van der Waals surface area contributed by atoms with Gasteiger partial charge in [0, 0.05) is 0 Å². The largest absolute Gasteiger partial charge is 0.0956 e. The van der Waals surface area contributed by atoms with E-state index in [-0.39, 0.29) is 0 Å². The molecule has 0 radical (unpaired) electrons. The van der Waals surface area contributed by atoms with E-state index in [1.807, 2.05) is 0 Å². The molecule has 1 rings (SSSR count). The molecule has 1 saturated carbocycles. The maximum atomic E-state index is 4.25. The van der Waals surface area contributed by atoms with Crippen molar-refractivity contribution in [2.45, 2.75) is 59.8 Å². The third-order valence-electron chi connectivity index (χ3n) is 4.01. The molecule has 0 bridgehead atoms. The second-order valence-corrected chi connectivity index (χ2v) is 5.36. The van der Waals surface area contributed by atoms with Gasteiger partial charge in [0.05, 0.1) is 0 Å². The van der Waals surface area contributed by atoms with E-state index in [1.54, 1.807) is 5.57 Å². The highest BCUT2D eigenvalue weighted by molar-refractivity contribution is 5.28. The van der Waals surface area contributed by atoms with E-state index in [9.17, 15) is 0 Å². The zero-order chi connectivity index (χ0) is 11.5. The highest BCUT2D eigenvalue weighted by Crippen LogP contribution is 2.51. The van der Waals surface area contributed by atoms with Crippen molar-refractivity contribution in [1.82, 2.24) is 0 Å². The second-order valence-electron chi connectivity index (χ2n) is 5.36. The summed E-state index contributed by atoms with van der Waals surface area (Å²) in [5, 5.41) is 0. The maximum absolute atomic E-state index is 4.25. The summed E-state index contributed by atoms with van der Waals surface area (Å²) in [5.74, 6) is 0.701. The average molecular weight is 206 g/mol. The van der Waals surface area contributed by atoms with Crippen LogP contribution < -0.4 is 0 Å². The lowest BCUT2D eigenvalue weighted by atomic mass is 9.89. The molecule has 1 atom stereocenters.